The maximum atomic E-state index is 11.6. The highest BCUT2D eigenvalue weighted by molar-refractivity contribution is 7.99. The van der Waals surface area contributed by atoms with Crippen molar-refractivity contribution >= 4 is 17.7 Å². The molecule has 1 aromatic heterocycles. The third-order valence-corrected chi connectivity index (χ3v) is 5.00. The van der Waals surface area contributed by atoms with Gasteiger partial charge in [0.15, 0.2) is 5.16 Å². The lowest BCUT2D eigenvalue weighted by Gasteiger charge is -2.29. The first-order chi connectivity index (χ1) is 9.98. The minimum Gasteiger partial charge on any atom is -0.480 e. The number of rotatable bonds is 9. The Morgan fingerprint density at radius 2 is 2.33 bits per heavy atom. The third kappa shape index (κ3) is 3.88. The van der Waals surface area contributed by atoms with Crippen LogP contribution in [0.2, 0.25) is 0 Å². The van der Waals surface area contributed by atoms with Gasteiger partial charge >= 0.3 is 11.7 Å². The Morgan fingerprint density at radius 1 is 1.62 bits per heavy atom. The van der Waals surface area contributed by atoms with Gasteiger partial charge in [-0.1, -0.05) is 18.7 Å². The molecule has 0 amide bonds. The molecule has 0 spiro atoms. The molecule has 118 valence electrons. The number of hydrogen-bond donors (Lipinski definition) is 3. The molecule has 3 N–H and O–H groups in total. The molecule has 0 saturated heterocycles. The van der Waals surface area contributed by atoms with Gasteiger partial charge in [-0.2, -0.15) is 0 Å². The zero-order valence-corrected chi connectivity index (χ0v) is 13.2. The molecule has 1 unspecified atom stereocenters. The molecule has 1 aliphatic rings. The van der Waals surface area contributed by atoms with E-state index in [4.69, 9.17) is 0 Å². The van der Waals surface area contributed by atoms with Crippen molar-refractivity contribution in [3.8, 4) is 0 Å². The molecule has 21 heavy (non-hydrogen) atoms. The SMILES string of the molecule is CCC(CCCSc1n[nH]c(=O)n1C)(NC1CC1)C(=O)O. The van der Waals surface area contributed by atoms with Gasteiger partial charge in [0.1, 0.15) is 5.54 Å². The fourth-order valence-electron chi connectivity index (χ4n) is 2.29. The number of hydrogen-bond acceptors (Lipinski definition) is 5. The van der Waals surface area contributed by atoms with Crippen molar-refractivity contribution in [1.29, 1.82) is 0 Å². The Labute approximate surface area is 127 Å². The van der Waals surface area contributed by atoms with Crippen LogP contribution in [0.15, 0.2) is 9.95 Å². The summed E-state index contributed by atoms with van der Waals surface area (Å²) in [5.74, 6) is -0.0338. The average molecular weight is 314 g/mol. The first-order valence-corrected chi connectivity index (χ1v) is 8.22. The summed E-state index contributed by atoms with van der Waals surface area (Å²) >= 11 is 1.47. The summed E-state index contributed by atoms with van der Waals surface area (Å²) in [6.07, 6.45) is 4.05. The van der Waals surface area contributed by atoms with Crippen molar-refractivity contribution in [3.05, 3.63) is 10.5 Å². The summed E-state index contributed by atoms with van der Waals surface area (Å²) in [6, 6.07) is 0.362. The van der Waals surface area contributed by atoms with Gasteiger partial charge in [-0.3, -0.25) is 14.7 Å². The van der Waals surface area contributed by atoms with Gasteiger partial charge < -0.3 is 5.11 Å². The van der Waals surface area contributed by atoms with Gasteiger partial charge in [-0.25, -0.2) is 9.89 Å². The Morgan fingerprint density at radius 3 is 2.81 bits per heavy atom. The van der Waals surface area contributed by atoms with E-state index in [1.165, 1.54) is 16.3 Å². The number of nitrogens with one attached hydrogen (secondary N) is 2. The van der Waals surface area contributed by atoms with Crippen molar-refractivity contribution in [3.63, 3.8) is 0 Å². The van der Waals surface area contributed by atoms with Gasteiger partial charge in [0.05, 0.1) is 0 Å². The van der Waals surface area contributed by atoms with Crippen molar-refractivity contribution in [1.82, 2.24) is 20.1 Å². The molecule has 0 bridgehead atoms. The molecule has 7 nitrogen and oxygen atoms in total. The summed E-state index contributed by atoms with van der Waals surface area (Å²) in [4.78, 5) is 22.8. The molecule has 1 saturated carbocycles. The number of thioether (sulfide) groups is 1. The smallest absolute Gasteiger partial charge is 0.343 e. The Balaban J connectivity index is 1.85. The highest BCUT2D eigenvalue weighted by Crippen LogP contribution is 2.28. The van der Waals surface area contributed by atoms with Crippen LogP contribution >= 0.6 is 11.8 Å². The van der Waals surface area contributed by atoms with Gasteiger partial charge in [0, 0.05) is 18.8 Å². The Kier molecular flexibility index (Phi) is 5.10. The molecular formula is C13H22N4O3S. The minimum atomic E-state index is -0.820. The van der Waals surface area contributed by atoms with Gasteiger partial charge in [-0.05, 0) is 32.1 Å². The number of nitrogens with zero attached hydrogens (tertiary/aromatic N) is 2. The van der Waals surface area contributed by atoms with E-state index >= 15 is 0 Å². The normalized spacial score (nSPS) is 17.6. The zero-order chi connectivity index (χ0) is 15.5. The minimum absolute atomic E-state index is 0.235. The predicted octanol–water partition coefficient (Wildman–Crippen LogP) is 0.966. The predicted molar refractivity (Wildman–Crippen MR) is 80.6 cm³/mol. The highest BCUT2D eigenvalue weighted by atomic mass is 32.2. The number of carboxylic acid groups (broad SMARTS) is 1. The van der Waals surface area contributed by atoms with Crippen LogP contribution in [0.3, 0.4) is 0 Å². The van der Waals surface area contributed by atoms with Crippen LogP contribution in [-0.2, 0) is 11.8 Å². The van der Waals surface area contributed by atoms with E-state index in [1.54, 1.807) is 7.05 Å². The van der Waals surface area contributed by atoms with Crippen molar-refractivity contribution in [2.45, 2.75) is 55.8 Å². The Hall–Kier alpha value is -1.28. The molecule has 1 atom stereocenters. The molecule has 8 heteroatoms. The first-order valence-electron chi connectivity index (χ1n) is 7.24. The van der Waals surface area contributed by atoms with E-state index in [9.17, 15) is 14.7 Å². The number of aliphatic carboxylic acids is 1. The van der Waals surface area contributed by atoms with Crippen molar-refractivity contribution in [2.75, 3.05) is 5.75 Å². The molecule has 0 aliphatic heterocycles. The van der Waals surface area contributed by atoms with Crippen LogP contribution in [0.4, 0.5) is 0 Å². The van der Waals surface area contributed by atoms with Crippen LogP contribution in [0.25, 0.3) is 0 Å². The molecule has 1 heterocycles. The fourth-order valence-corrected chi connectivity index (χ4v) is 3.15. The van der Waals surface area contributed by atoms with Gasteiger partial charge in [0.25, 0.3) is 0 Å². The van der Waals surface area contributed by atoms with E-state index in [0.29, 0.717) is 24.0 Å². The van der Waals surface area contributed by atoms with Crippen LogP contribution in [0.5, 0.6) is 0 Å². The molecular weight excluding hydrogens is 292 g/mol. The number of H-pyrrole nitrogens is 1. The van der Waals surface area contributed by atoms with E-state index in [-0.39, 0.29) is 5.69 Å². The number of aromatic amines is 1. The molecule has 0 aromatic carbocycles. The topological polar surface area (TPSA) is 100 Å². The second kappa shape index (κ2) is 6.65. The molecule has 0 radical (unpaired) electrons. The lowest BCUT2D eigenvalue weighted by atomic mass is 9.90. The van der Waals surface area contributed by atoms with Crippen molar-refractivity contribution in [2.24, 2.45) is 7.05 Å². The van der Waals surface area contributed by atoms with Gasteiger partial charge in [0.2, 0.25) is 0 Å². The first kappa shape index (κ1) is 16.1. The van der Waals surface area contributed by atoms with E-state index in [2.05, 4.69) is 15.5 Å². The molecule has 2 rings (SSSR count). The van der Waals surface area contributed by atoms with Crippen LogP contribution < -0.4 is 11.0 Å². The maximum absolute atomic E-state index is 11.6. The third-order valence-electron chi connectivity index (χ3n) is 3.89. The van der Waals surface area contributed by atoms with E-state index < -0.39 is 11.5 Å². The van der Waals surface area contributed by atoms with Gasteiger partial charge in [-0.15, -0.1) is 5.10 Å². The van der Waals surface area contributed by atoms with Crippen LogP contribution in [0.1, 0.15) is 39.0 Å². The summed E-state index contributed by atoms with van der Waals surface area (Å²) < 4.78 is 1.46. The second-order valence-electron chi connectivity index (χ2n) is 5.48. The lowest BCUT2D eigenvalue weighted by Crippen LogP contribution is -2.52. The average Bonchev–Trinajstić information content (AvgIpc) is 3.22. The Bertz CT molecular complexity index is 552. The van der Waals surface area contributed by atoms with Crippen LogP contribution in [-0.4, -0.2) is 43.2 Å². The monoisotopic (exact) mass is 314 g/mol. The molecule has 1 aromatic rings. The summed E-state index contributed by atoms with van der Waals surface area (Å²) in [6.45, 7) is 1.91. The fraction of sp³-hybridized carbons (Fsp3) is 0.769. The summed E-state index contributed by atoms with van der Waals surface area (Å²) in [7, 11) is 1.66. The highest BCUT2D eigenvalue weighted by Gasteiger charge is 2.40. The number of aromatic nitrogens is 3. The summed E-state index contributed by atoms with van der Waals surface area (Å²) in [5, 5.41) is 19.8. The number of carbonyl (C=O) groups is 1. The maximum Gasteiger partial charge on any atom is 0.343 e. The van der Waals surface area contributed by atoms with E-state index in [1.807, 2.05) is 6.92 Å². The lowest BCUT2D eigenvalue weighted by molar-refractivity contribution is -0.145. The zero-order valence-electron chi connectivity index (χ0n) is 12.4. The van der Waals surface area contributed by atoms with Crippen molar-refractivity contribution < 1.29 is 9.90 Å². The quantitative estimate of drug-likeness (QED) is 0.464. The molecule has 1 fully saturated rings. The largest absolute Gasteiger partial charge is 0.480 e. The summed E-state index contributed by atoms with van der Waals surface area (Å²) in [5.41, 5.74) is -1.06. The number of carboxylic acids is 1. The molecule has 1 aliphatic carbocycles. The second-order valence-corrected chi connectivity index (χ2v) is 6.54. The van der Waals surface area contributed by atoms with E-state index in [0.717, 1.165) is 25.0 Å². The van der Waals surface area contributed by atoms with Crippen LogP contribution in [0, 0.1) is 0 Å². The standard InChI is InChI=1S/C13H22N4O3S/c1-3-13(10(18)19,14-9-5-6-9)7-4-8-21-12-16-15-11(20)17(12)2/h9,14H,3-8H2,1-2H3,(H,15,20)(H,18,19).